The molecule has 1 amide bonds. The monoisotopic (exact) mass is 241 g/mol. The van der Waals surface area contributed by atoms with E-state index >= 15 is 0 Å². The van der Waals surface area contributed by atoms with Gasteiger partial charge in [-0.2, -0.15) is 0 Å². The third-order valence-corrected chi connectivity index (χ3v) is 2.60. The van der Waals surface area contributed by atoms with Crippen molar-refractivity contribution in [1.82, 2.24) is 4.72 Å². The van der Waals surface area contributed by atoms with Crippen LogP contribution in [0.4, 0.5) is 4.79 Å². The number of methoxy groups -OCH3 is 1. The highest BCUT2D eigenvalue weighted by molar-refractivity contribution is 7.93. The zero-order valence-electron chi connectivity index (χ0n) is 8.58. The fraction of sp³-hybridized carbons (Fsp3) is 0.100. The Balaban J connectivity index is 2.74. The van der Waals surface area contributed by atoms with Gasteiger partial charge in [0.05, 0.1) is 12.5 Å². The number of benzene rings is 1. The maximum Gasteiger partial charge on any atom is 0.420 e. The summed E-state index contributed by atoms with van der Waals surface area (Å²) in [6.07, 6.45) is 0.364. The van der Waals surface area contributed by atoms with Gasteiger partial charge in [0.25, 0.3) is 10.0 Å². The highest BCUT2D eigenvalue weighted by Crippen LogP contribution is 2.02. The molecule has 0 aliphatic heterocycles. The number of carbonyl (C=O) groups is 1. The molecule has 0 aliphatic rings. The summed E-state index contributed by atoms with van der Waals surface area (Å²) in [7, 11) is -2.71. The van der Waals surface area contributed by atoms with Crippen LogP contribution >= 0.6 is 0 Å². The maximum atomic E-state index is 11.3. The second-order valence-electron chi connectivity index (χ2n) is 2.85. The SMILES string of the molecule is COC(=O)NS(=O)(=O)/C=C/c1ccccc1. The highest BCUT2D eigenvalue weighted by atomic mass is 32.2. The molecule has 5 nitrogen and oxygen atoms in total. The number of amides is 1. The van der Waals surface area contributed by atoms with Crippen LogP contribution in [0.15, 0.2) is 35.7 Å². The summed E-state index contributed by atoms with van der Waals surface area (Å²) >= 11 is 0. The topological polar surface area (TPSA) is 72.5 Å². The van der Waals surface area contributed by atoms with Gasteiger partial charge in [-0.1, -0.05) is 30.3 Å². The van der Waals surface area contributed by atoms with Crippen LogP contribution in [-0.2, 0) is 14.8 Å². The van der Waals surface area contributed by atoms with Gasteiger partial charge in [-0.25, -0.2) is 17.9 Å². The molecular weight excluding hydrogens is 230 g/mol. The summed E-state index contributed by atoms with van der Waals surface area (Å²) in [5, 5.41) is 0.902. The quantitative estimate of drug-likeness (QED) is 0.866. The Labute approximate surface area is 93.8 Å². The maximum absolute atomic E-state index is 11.3. The van der Waals surface area contributed by atoms with E-state index in [1.807, 2.05) is 6.07 Å². The van der Waals surface area contributed by atoms with Crippen LogP contribution in [0.2, 0.25) is 0 Å². The number of hydrogen-bond acceptors (Lipinski definition) is 4. The summed E-state index contributed by atoms with van der Waals surface area (Å²) in [5.74, 6) is 0. The van der Waals surface area contributed by atoms with Crippen molar-refractivity contribution < 1.29 is 17.9 Å². The zero-order valence-corrected chi connectivity index (χ0v) is 9.40. The molecule has 6 heteroatoms. The molecule has 86 valence electrons. The molecule has 0 heterocycles. The summed E-state index contributed by atoms with van der Waals surface area (Å²) < 4.78 is 28.4. The first kappa shape index (κ1) is 12.3. The van der Waals surface area contributed by atoms with Gasteiger partial charge in [0.1, 0.15) is 0 Å². The number of nitrogens with one attached hydrogen (secondary N) is 1. The van der Waals surface area contributed by atoms with E-state index in [4.69, 9.17) is 0 Å². The average Bonchev–Trinajstić information content (AvgIpc) is 2.27. The minimum absolute atomic E-state index is 0.720. The van der Waals surface area contributed by atoms with E-state index in [1.54, 1.807) is 29.0 Å². The predicted molar refractivity (Wildman–Crippen MR) is 59.9 cm³/mol. The molecule has 0 unspecified atom stereocenters. The Morgan fingerprint density at radius 3 is 2.50 bits per heavy atom. The van der Waals surface area contributed by atoms with Gasteiger partial charge in [-0.05, 0) is 11.6 Å². The lowest BCUT2D eigenvalue weighted by Crippen LogP contribution is -2.28. The lowest BCUT2D eigenvalue weighted by atomic mass is 10.2. The highest BCUT2D eigenvalue weighted by Gasteiger charge is 2.09. The number of rotatable bonds is 3. The number of hydrogen-bond donors (Lipinski definition) is 1. The molecule has 0 aliphatic carbocycles. The summed E-state index contributed by atoms with van der Waals surface area (Å²) in [4.78, 5) is 10.7. The molecule has 0 fully saturated rings. The summed E-state index contributed by atoms with van der Waals surface area (Å²) in [6, 6.07) is 8.85. The predicted octanol–water partition coefficient (Wildman–Crippen LogP) is 1.34. The van der Waals surface area contributed by atoms with Crippen LogP contribution in [-0.4, -0.2) is 21.6 Å². The fourth-order valence-electron chi connectivity index (χ4n) is 0.924. The summed E-state index contributed by atoms with van der Waals surface area (Å²) in [6.45, 7) is 0. The normalized spacial score (nSPS) is 11.3. The van der Waals surface area contributed by atoms with Crippen molar-refractivity contribution in [3.63, 3.8) is 0 Å². The van der Waals surface area contributed by atoms with Gasteiger partial charge in [-0.15, -0.1) is 0 Å². The van der Waals surface area contributed by atoms with Crippen molar-refractivity contribution in [3.8, 4) is 0 Å². The smallest absolute Gasteiger partial charge is 0.420 e. The molecule has 16 heavy (non-hydrogen) atoms. The molecule has 0 saturated heterocycles. The third kappa shape index (κ3) is 4.14. The fourth-order valence-corrected chi connectivity index (χ4v) is 1.64. The Bertz CT molecular complexity index is 479. The molecule has 0 spiro atoms. The van der Waals surface area contributed by atoms with E-state index in [1.165, 1.54) is 6.08 Å². The minimum atomic E-state index is -3.80. The lowest BCUT2D eigenvalue weighted by Gasteiger charge is -2.00. The lowest BCUT2D eigenvalue weighted by molar-refractivity contribution is 0.178. The van der Waals surface area contributed by atoms with E-state index in [2.05, 4.69) is 4.74 Å². The van der Waals surface area contributed by atoms with E-state index in [-0.39, 0.29) is 0 Å². The van der Waals surface area contributed by atoms with Crippen LogP contribution in [0.1, 0.15) is 5.56 Å². The number of ether oxygens (including phenoxy) is 1. The Kier molecular flexibility index (Phi) is 4.07. The van der Waals surface area contributed by atoms with E-state index in [0.29, 0.717) is 0 Å². The van der Waals surface area contributed by atoms with Crippen LogP contribution in [0.5, 0.6) is 0 Å². The Morgan fingerprint density at radius 2 is 1.94 bits per heavy atom. The minimum Gasteiger partial charge on any atom is -0.452 e. The summed E-state index contributed by atoms with van der Waals surface area (Å²) in [5.41, 5.74) is 0.720. The first-order chi connectivity index (χ1) is 7.53. The molecule has 1 N–H and O–H groups in total. The van der Waals surface area contributed by atoms with E-state index in [0.717, 1.165) is 18.1 Å². The first-order valence-electron chi connectivity index (χ1n) is 4.37. The number of carbonyl (C=O) groups excluding carboxylic acids is 1. The average molecular weight is 241 g/mol. The second kappa shape index (κ2) is 5.32. The van der Waals surface area contributed by atoms with Crippen LogP contribution < -0.4 is 4.72 Å². The van der Waals surface area contributed by atoms with Gasteiger partial charge >= 0.3 is 6.09 Å². The van der Waals surface area contributed by atoms with Crippen molar-refractivity contribution in [2.75, 3.05) is 7.11 Å². The van der Waals surface area contributed by atoms with Crippen molar-refractivity contribution in [2.24, 2.45) is 0 Å². The van der Waals surface area contributed by atoms with Gasteiger partial charge in [-0.3, -0.25) is 0 Å². The van der Waals surface area contributed by atoms with Crippen LogP contribution in [0, 0.1) is 0 Å². The molecule has 0 atom stereocenters. The number of sulfonamides is 1. The van der Waals surface area contributed by atoms with Gasteiger partial charge in [0.2, 0.25) is 0 Å². The largest absolute Gasteiger partial charge is 0.452 e. The first-order valence-corrected chi connectivity index (χ1v) is 5.92. The zero-order chi connectivity index (χ0) is 12.0. The van der Waals surface area contributed by atoms with Crippen molar-refractivity contribution >= 4 is 22.2 Å². The molecular formula is C10H11NO4S. The molecule has 0 saturated carbocycles. The van der Waals surface area contributed by atoms with Gasteiger partial charge in [0.15, 0.2) is 0 Å². The third-order valence-electron chi connectivity index (χ3n) is 1.65. The van der Waals surface area contributed by atoms with Gasteiger partial charge in [0, 0.05) is 0 Å². The molecule has 0 aromatic heterocycles. The molecule has 0 radical (unpaired) electrons. The van der Waals surface area contributed by atoms with Crippen LogP contribution in [0.3, 0.4) is 0 Å². The molecule has 0 bridgehead atoms. The standard InChI is InChI=1S/C10H11NO4S/c1-15-10(12)11-16(13,14)8-7-9-5-3-2-4-6-9/h2-8H,1H3,(H,11,12)/b8-7+. The molecule has 1 aromatic carbocycles. The molecule has 1 rings (SSSR count). The molecule has 1 aromatic rings. The van der Waals surface area contributed by atoms with E-state index in [9.17, 15) is 13.2 Å². The van der Waals surface area contributed by atoms with Gasteiger partial charge < -0.3 is 4.74 Å². The van der Waals surface area contributed by atoms with Crippen LogP contribution in [0.25, 0.3) is 6.08 Å². The Hall–Kier alpha value is -1.82. The van der Waals surface area contributed by atoms with Crippen molar-refractivity contribution in [1.29, 1.82) is 0 Å². The van der Waals surface area contributed by atoms with Crippen molar-refractivity contribution in [3.05, 3.63) is 41.3 Å². The van der Waals surface area contributed by atoms with E-state index < -0.39 is 16.1 Å². The second-order valence-corrected chi connectivity index (χ2v) is 4.42. The Morgan fingerprint density at radius 1 is 1.31 bits per heavy atom. The van der Waals surface area contributed by atoms with Crippen molar-refractivity contribution in [2.45, 2.75) is 0 Å².